The molecule has 0 bridgehead atoms. The van der Waals surface area contributed by atoms with Gasteiger partial charge in [0.05, 0.1) is 0 Å². The first-order valence-corrected chi connectivity index (χ1v) is 7.78. The van der Waals surface area contributed by atoms with Crippen LogP contribution in [-0.2, 0) is 20.1 Å². The SMILES string of the molecule is CCC(N)Cn1c(C(C)C)nc2c1c(=O)n(CC)c(=O)n2C. The molecule has 22 heavy (non-hydrogen) atoms. The molecule has 1 unspecified atom stereocenters. The fourth-order valence-electron chi connectivity index (χ4n) is 2.66. The zero-order valence-electron chi connectivity index (χ0n) is 14.0. The van der Waals surface area contributed by atoms with Gasteiger partial charge in [0.1, 0.15) is 5.82 Å². The van der Waals surface area contributed by atoms with Crippen molar-refractivity contribution >= 4 is 11.2 Å². The highest BCUT2D eigenvalue weighted by Gasteiger charge is 2.21. The van der Waals surface area contributed by atoms with Gasteiger partial charge in [-0.1, -0.05) is 20.8 Å². The molecule has 0 radical (unpaired) electrons. The Morgan fingerprint density at radius 1 is 1.18 bits per heavy atom. The number of aromatic nitrogens is 4. The Balaban J connectivity index is 2.91. The highest BCUT2D eigenvalue weighted by atomic mass is 16.2. The third-order valence-corrected chi connectivity index (χ3v) is 4.04. The molecule has 1 atom stereocenters. The van der Waals surface area contributed by atoms with Gasteiger partial charge in [0.25, 0.3) is 5.56 Å². The molecule has 0 aliphatic heterocycles. The summed E-state index contributed by atoms with van der Waals surface area (Å²) in [7, 11) is 1.65. The molecule has 2 rings (SSSR count). The van der Waals surface area contributed by atoms with Crippen LogP contribution in [0.1, 0.15) is 45.9 Å². The first-order valence-electron chi connectivity index (χ1n) is 7.78. The van der Waals surface area contributed by atoms with Crippen molar-refractivity contribution in [2.24, 2.45) is 12.8 Å². The van der Waals surface area contributed by atoms with E-state index in [1.165, 1.54) is 9.13 Å². The molecule has 2 aromatic heterocycles. The highest BCUT2D eigenvalue weighted by molar-refractivity contribution is 5.71. The zero-order valence-corrected chi connectivity index (χ0v) is 14.0. The molecule has 0 aliphatic carbocycles. The van der Waals surface area contributed by atoms with Crippen molar-refractivity contribution in [3.8, 4) is 0 Å². The van der Waals surface area contributed by atoms with Crippen molar-refractivity contribution in [1.29, 1.82) is 0 Å². The van der Waals surface area contributed by atoms with Crippen LogP contribution in [0.4, 0.5) is 0 Å². The molecular weight excluding hydrogens is 282 g/mol. The summed E-state index contributed by atoms with van der Waals surface area (Å²) >= 11 is 0. The summed E-state index contributed by atoms with van der Waals surface area (Å²) in [6.07, 6.45) is 0.810. The van der Waals surface area contributed by atoms with Crippen molar-refractivity contribution in [3.05, 3.63) is 26.7 Å². The summed E-state index contributed by atoms with van der Waals surface area (Å²) in [5, 5.41) is 0. The quantitative estimate of drug-likeness (QED) is 0.884. The lowest BCUT2D eigenvalue weighted by molar-refractivity contribution is 0.521. The van der Waals surface area contributed by atoms with Gasteiger partial charge >= 0.3 is 5.69 Å². The maximum absolute atomic E-state index is 12.7. The minimum Gasteiger partial charge on any atom is -0.326 e. The van der Waals surface area contributed by atoms with Crippen LogP contribution < -0.4 is 17.0 Å². The average molecular weight is 307 g/mol. The molecule has 0 aromatic carbocycles. The monoisotopic (exact) mass is 307 g/mol. The number of hydrogen-bond donors (Lipinski definition) is 1. The summed E-state index contributed by atoms with van der Waals surface area (Å²) in [5.74, 6) is 0.931. The molecule has 0 amide bonds. The van der Waals surface area contributed by atoms with E-state index in [0.717, 1.165) is 12.2 Å². The standard InChI is InChI=1S/C15H25N5O2/c1-6-10(16)8-20-11-13(17-12(20)9(3)4)18(5)15(22)19(7-2)14(11)21/h9-10H,6-8,16H2,1-5H3. The topological polar surface area (TPSA) is 87.8 Å². The van der Waals surface area contributed by atoms with Gasteiger partial charge in [0, 0.05) is 32.1 Å². The van der Waals surface area contributed by atoms with Crippen molar-refractivity contribution in [3.63, 3.8) is 0 Å². The minimum absolute atomic E-state index is 0.0541. The molecule has 2 aromatic rings. The zero-order chi connectivity index (χ0) is 16.6. The molecule has 0 aliphatic rings. The third kappa shape index (κ3) is 2.49. The van der Waals surface area contributed by atoms with Gasteiger partial charge in [-0.3, -0.25) is 13.9 Å². The maximum Gasteiger partial charge on any atom is 0.332 e. The van der Waals surface area contributed by atoms with Crippen LogP contribution in [0.25, 0.3) is 11.2 Å². The molecule has 0 fully saturated rings. The molecule has 0 saturated carbocycles. The molecule has 122 valence electrons. The number of rotatable bonds is 5. The van der Waals surface area contributed by atoms with E-state index >= 15 is 0 Å². The molecule has 0 spiro atoms. The third-order valence-electron chi connectivity index (χ3n) is 4.04. The highest BCUT2D eigenvalue weighted by Crippen LogP contribution is 2.19. The Kier molecular flexibility index (Phi) is 4.55. The second-order valence-corrected chi connectivity index (χ2v) is 5.97. The summed E-state index contributed by atoms with van der Waals surface area (Å²) in [5.41, 5.74) is 6.37. The normalized spacial score (nSPS) is 13.2. The van der Waals surface area contributed by atoms with Gasteiger partial charge in [-0.05, 0) is 13.3 Å². The van der Waals surface area contributed by atoms with E-state index in [2.05, 4.69) is 4.98 Å². The minimum atomic E-state index is -0.334. The van der Waals surface area contributed by atoms with Crippen molar-refractivity contribution in [2.75, 3.05) is 0 Å². The van der Waals surface area contributed by atoms with E-state index in [1.54, 1.807) is 14.0 Å². The second kappa shape index (κ2) is 6.08. The molecular formula is C15H25N5O2. The van der Waals surface area contributed by atoms with Crippen LogP contribution in [0.5, 0.6) is 0 Å². The van der Waals surface area contributed by atoms with Crippen molar-refractivity contribution in [1.82, 2.24) is 18.7 Å². The summed E-state index contributed by atoms with van der Waals surface area (Å²) in [4.78, 5) is 29.5. The Morgan fingerprint density at radius 3 is 2.32 bits per heavy atom. The number of nitrogens with two attached hydrogens (primary N) is 1. The maximum atomic E-state index is 12.7. The number of hydrogen-bond acceptors (Lipinski definition) is 4. The van der Waals surface area contributed by atoms with Gasteiger partial charge < -0.3 is 10.3 Å². The lowest BCUT2D eigenvalue weighted by Crippen LogP contribution is -2.39. The van der Waals surface area contributed by atoms with E-state index in [-0.39, 0.29) is 23.2 Å². The van der Waals surface area contributed by atoms with Gasteiger partial charge in [0.15, 0.2) is 11.2 Å². The van der Waals surface area contributed by atoms with Crippen LogP contribution in [0, 0.1) is 0 Å². The summed E-state index contributed by atoms with van der Waals surface area (Å²) in [6, 6.07) is -0.0541. The van der Waals surface area contributed by atoms with Crippen molar-refractivity contribution in [2.45, 2.75) is 59.2 Å². The molecule has 2 N–H and O–H groups in total. The average Bonchev–Trinajstić information content (AvgIpc) is 2.85. The second-order valence-electron chi connectivity index (χ2n) is 5.97. The van der Waals surface area contributed by atoms with Gasteiger partial charge in [0.2, 0.25) is 0 Å². The van der Waals surface area contributed by atoms with E-state index in [1.807, 2.05) is 25.3 Å². The molecule has 7 nitrogen and oxygen atoms in total. The Labute approximate surface area is 129 Å². The van der Waals surface area contributed by atoms with Gasteiger partial charge in [-0.25, -0.2) is 9.78 Å². The first kappa shape index (κ1) is 16.5. The summed E-state index contributed by atoms with van der Waals surface area (Å²) < 4.78 is 4.57. The predicted molar refractivity (Wildman–Crippen MR) is 87.3 cm³/mol. The van der Waals surface area contributed by atoms with Crippen molar-refractivity contribution < 1.29 is 0 Å². The Morgan fingerprint density at radius 2 is 1.82 bits per heavy atom. The van der Waals surface area contributed by atoms with Crippen LogP contribution >= 0.6 is 0 Å². The van der Waals surface area contributed by atoms with Crippen LogP contribution in [0.2, 0.25) is 0 Å². The smallest absolute Gasteiger partial charge is 0.326 e. The Bertz CT molecular complexity index is 797. The van der Waals surface area contributed by atoms with Gasteiger partial charge in [-0.2, -0.15) is 0 Å². The Hall–Kier alpha value is -1.89. The van der Waals surface area contributed by atoms with Crippen LogP contribution in [-0.4, -0.2) is 24.7 Å². The lowest BCUT2D eigenvalue weighted by atomic mass is 10.2. The van der Waals surface area contributed by atoms with Crippen LogP contribution in [0.15, 0.2) is 9.59 Å². The number of fused-ring (bicyclic) bond motifs is 1. The molecule has 7 heteroatoms. The lowest BCUT2D eigenvalue weighted by Gasteiger charge is -2.15. The number of aryl methyl sites for hydroxylation is 1. The molecule has 2 heterocycles. The largest absolute Gasteiger partial charge is 0.332 e. The van der Waals surface area contributed by atoms with E-state index in [4.69, 9.17) is 5.73 Å². The van der Waals surface area contributed by atoms with E-state index in [0.29, 0.717) is 24.3 Å². The van der Waals surface area contributed by atoms with Gasteiger partial charge in [-0.15, -0.1) is 0 Å². The number of imidazole rings is 1. The fraction of sp³-hybridized carbons (Fsp3) is 0.667. The van der Waals surface area contributed by atoms with E-state index in [9.17, 15) is 9.59 Å². The number of nitrogens with zero attached hydrogens (tertiary/aromatic N) is 4. The summed E-state index contributed by atoms with van der Waals surface area (Å²) in [6.45, 7) is 8.70. The molecule has 0 saturated heterocycles. The fourth-order valence-corrected chi connectivity index (χ4v) is 2.66. The van der Waals surface area contributed by atoms with Crippen LogP contribution in [0.3, 0.4) is 0 Å². The first-order chi connectivity index (χ1) is 10.3. The van der Waals surface area contributed by atoms with E-state index < -0.39 is 0 Å². The predicted octanol–water partition coefficient (Wildman–Crippen LogP) is 0.777.